The van der Waals surface area contributed by atoms with Crippen LogP contribution in [-0.4, -0.2) is 66.0 Å². The van der Waals surface area contributed by atoms with E-state index >= 15 is 0 Å². The summed E-state index contributed by atoms with van der Waals surface area (Å²) in [5.41, 5.74) is 9.85. The van der Waals surface area contributed by atoms with Crippen LogP contribution in [0.5, 0.6) is 0 Å². The van der Waals surface area contributed by atoms with E-state index in [2.05, 4.69) is 25.5 Å². The average Bonchev–Trinajstić information content (AvgIpc) is 3.22. The zero-order chi connectivity index (χ0) is 20.5. The Bertz CT molecular complexity index is 1060. The van der Waals surface area contributed by atoms with Gasteiger partial charge in [-0.2, -0.15) is 5.10 Å². The SMILES string of the molecule is Nc1ncnc2c1nc(N/N=C/c1ccccc1Cl)n2[C@@H]1O[C@H](CO)[C@@H](O)[C@H]1O. The van der Waals surface area contributed by atoms with Crippen LogP contribution in [0.15, 0.2) is 35.7 Å². The number of aromatic nitrogens is 4. The van der Waals surface area contributed by atoms with Crippen molar-refractivity contribution in [1.29, 1.82) is 0 Å². The fourth-order valence-electron chi connectivity index (χ4n) is 3.08. The van der Waals surface area contributed by atoms with Crippen LogP contribution >= 0.6 is 11.6 Å². The molecule has 1 aromatic carbocycles. The van der Waals surface area contributed by atoms with Gasteiger partial charge in [-0.05, 0) is 6.07 Å². The van der Waals surface area contributed by atoms with E-state index in [1.165, 1.54) is 17.1 Å². The van der Waals surface area contributed by atoms with Crippen LogP contribution in [0.2, 0.25) is 5.02 Å². The molecule has 3 aromatic rings. The van der Waals surface area contributed by atoms with E-state index in [1.54, 1.807) is 18.2 Å². The Labute approximate surface area is 169 Å². The molecule has 0 amide bonds. The molecule has 0 bridgehead atoms. The summed E-state index contributed by atoms with van der Waals surface area (Å²) >= 11 is 6.11. The Hall–Kier alpha value is -2.83. The zero-order valence-electron chi connectivity index (χ0n) is 14.9. The van der Waals surface area contributed by atoms with Gasteiger partial charge in [-0.1, -0.05) is 29.8 Å². The Morgan fingerprint density at radius 2 is 2.07 bits per heavy atom. The lowest BCUT2D eigenvalue weighted by Crippen LogP contribution is -2.33. The van der Waals surface area contributed by atoms with Crippen molar-refractivity contribution in [2.45, 2.75) is 24.5 Å². The van der Waals surface area contributed by atoms with Gasteiger partial charge in [0.25, 0.3) is 0 Å². The molecule has 12 heteroatoms. The van der Waals surface area contributed by atoms with Gasteiger partial charge in [0.2, 0.25) is 5.95 Å². The van der Waals surface area contributed by atoms with E-state index in [-0.39, 0.29) is 22.9 Å². The molecule has 1 aliphatic heterocycles. The van der Waals surface area contributed by atoms with Crippen molar-refractivity contribution < 1.29 is 20.1 Å². The molecular formula is C17H18ClN7O4. The number of halogens is 1. The number of hydrogen-bond donors (Lipinski definition) is 5. The summed E-state index contributed by atoms with van der Waals surface area (Å²) in [6.07, 6.45) is -1.94. The molecule has 152 valence electrons. The highest BCUT2D eigenvalue weighted by molar-refractivity contribution is 6.33. The van der Waals surface area contributed by atoms with Crippen LogP contribution in [0.3, 0.4) is 0 Å². The maximum atomic E-state index is 10.4. The largest absolute Gasteiger partial charge is 0.394 e. The van der Waals surface area contributed by atoms with Crippen molar-refractivity contribution in [1.82, 2.24) is 19.5 Å². The molecular weight excluding hydrogens is 402 g/mol. The molecule has 0 unspecified atom stereocenters. The first-order chi connectivity index (χ1) is 14.0. The molecule has 1 aliphatic rings. The standard InChI is InChI=1S/C17H18ClN7O4/c18-9-4-2-1-3-8(9)5-22-24-17-23-11-14(19)20-7-21-15(11)25(17)16-13(28)12(27)10(6-26)29-16/h1-5,7,10,12-13,16,26-28H,6H2,(H,23,24)(H2,19,20,21)/b22-5+/t10-,12-,13-,16-/m1/s1. The van der Waals surface area contributed by atoms with Gasteiger partial charge in [0, 0.05) is 10.6 Å². The first kappa shape index (κ1) is 19.5. The van der Waals surface area contributed by atoms with Gasteiger partial charge in [0.1, 0.15) is 24.6 Å². The summed E-state index contributed by atoms with van der Waals surface area (Å²) in [5.74, 6) is 0.268. The topological polar surface area (TPSA) is 164 Å². The number of fused-ring (bicyclic) bond motifs is 1. The molecule has 4 atom stereocenters. The zero-order valence-corrected chi connectivity index (χ0v) is 15.7. The molecule has 4 rings (SSSR count). The van der Waals surface area contributed by atoms with Crippen LogP contribution in [0.4, 0.5) is 11.8 Å². The Kier molecular flexibility index (Phi) is 5.30. The summed E-state index contributed by atoms with van der Waals surface area (Å²) < 4.78 is 7.01. The Morgan fingerprint density at radius 1 is 1.28 bits per heavy atom. The summed E-state index contributed by atoms with van der Waals surface area (Å²) in [6, 6.07) is 7.13. The van der Waals surface area contributed by atoms with Gasteiger partial charge < -0.3 is 25.8 Å². The minimum atomic E-state index is -1.34. The lowest BCUT2D eigenvalue weighted by Gasteiger charge is -2.18. The fourth-order valence-corrected chi connectivity index (χ4v) is 3.26. The van der Waals surface area contributed by atoms with E-state index < -0.39 is 31.1 Å². The van der Waals surface area contributed by atoms with E-state index in [9.17, 15) is 15.3 Å². The smallest absolute Gasteiger partial charge is 0.228 e. The van der Waals surface area contributed by atoms with Crippen molar-refractivity contribution in [2.24, 2.45) is 5.10 Å². The van der Waals surface area contributed by atoms with Crippen LogP contribution in [0.25, 0.3) is 11.2 Å². The molecule has 2 aromatic heterocycles. The van der Waals surface area contributed by atoms with Gasteiger partial charge in [-0.15, -0.1) is 0 Å². The maximum absolute atomic E-state index is 10.4. The lowest BCUT2D eigenvalue weighted by atomic mass is 10.1. The van der Waals surface area contributed by atoms with Gasteiger partial charge in [0.05, 0.1) is 12.8 Å². The number of hydrogen-bond acceptors (Lipinski definition) is 10. The number of rotatable bonds is 5. The maximum Gasteiger partial charge on any atom is 0.228 e. The second kappa shape index (κ2) is 7.89. The van der Waals surface area contributed by atoms with E-state index in [0.717, 1.165) is 0 Å². The van der Waals surface area contributed by atoms with E-state index in [0.29, 0.717) is 10.6 Å². The van der Waals surface area contributed by atoms with Gasteiger partial charge in [-0.3, -0.25) is 4.57 Å². The highest BCUT2D eigenvalue weighted by Gasteiger charge is 2.45. The number of ether oxygens (including phenoxy) is 1. The monoisotopic (exact) mass is 419 g/mol. The number of imidazole rings is 1. The lowest BCUT2D eigenvalue weighted by molar-refractivity contribution is -0.0501. The second-order valence-corrected chi connectivity index (χ2v) is 6.76. The van der Waals surface area contributed by atoms with Crippen molar-refractivity contribution in [2.75, 3.05) is 17.8 Å². The number of aliphatic hydroxyl groups excluding tert-OH is 3. The highest BCUT2D eigenvalue weighted by atomic mass is 35.5. The third-order valence-electron chi connectivity index (χ3n) is 4.55. The number of nitrogens with zero attached hydrogens (tertiary/aromatic N) is 5. The second-order valence-electron chi connectivity index (χ2n) is 6.36. The third kappa shape index (κ3) is 3.50. The number of benzene rings is 1. The number of hydrazone groups is 1. The number of aliphatic hydroxyl groups is 3. The van der Waals surface area contributed by atoms with Crippen molar-refractivity contribution in [3.63, 3.8) is 0 Å². The molecule has 0 radical (unpaired) electrons. The van der Waals surface area contributed by atoms with Crippen LogP contribution in [0, 0.1) is 0 Å². The number of anilines is 2. The van der Waals surface area contributed by atoms with Gasteiger partial charge in [0.15, 0.2) is 23.2 Å². The molecule has 11 nitrogen and oxygen atoms in total. The molecule has 0 aliphatic carbocycles. The summed E-state index contributed by atoms with van der Waals surface area (Å²) in [5, 5.41) is 34.6. The summed E-state index contributed by atoms with van der Waals surface area (Å²) in [7, 11) is 0. The molecule has 0 spiro atoms. The van der Waals surface area contributed by atoms with Crippen LogP contribution in [-0.2, 0) is 4.74 Å². The summed E-state index contributed by atoms with van der Waals surface area (Å²) in [6.45, 7) is -0.466. The first-order valence-corrected chi connectivity index (χ1v) is 9.03. The number of nitrogens with two attached hydrogens (primary N) is 1. The Balaban J connectivity index is 1.73. The van der Waals surface area contributed by atoms with E-state index in [1.807, 2.05) is 6.07 Å². The van der Waals surface area contributed by atoms with Crippen molar-refractivity contribution in [3.05, 3.63) is 41.2 Å². The van der Waals surface area contributed by atoms with Crippen molar-refractivity contribution in [3.8, 4) is 0 Å². The molecule has 1 saturated heterocycles. The average molecular weight is 420 g/mol. The quantitative estimate of drug-likeness (QED) is 0.285. The predicted molar refractivity (Wildman–Crippen MR) is 105 cm³/mol. The minimum absolute atomic E-state index is 0.124. The van der Waals surface area contributed by atoms with Crippen LogP contribution < -0.4 is 11.2 Å². The molecule has 3 heterocycles. The van der Waals surface area contributed by atoms with Crippen LogP contribution in [0.1, 0.15) is 11.8 Å². The summed E-state index contributed by atoms with van der Waals surface area (Å²) in [4.78, 5) is 12.4. The van der Waals surface area contributed by atoms with Gasteiger partial charge in [-0.25, -0.2) is 20.4 Å². The fraction of sp³-hybridized carbons (Fsp3) is 0.294. The molecule has 29 heavy (non-hydrogen) atoms. The Morgan fingerprint density at radius 3 is 2.79 bits per heavy atom. The minimum Gasteiger partial charge on any atom is -0.394 e. The molecule has 6 N–H and O–H groups in total. The number of nitrogen functional groups attached to an aromatic ring is 1. The van der Waals surface area contributed by atoms with Crippen molar-refractivity contribution >= 4 is 40.7 Å². The predicted octanol–water partition coefficient (Wildman–Crippen LogP) is 0.119. The van der Waals surface area contributed by atoms with E-state index in [4.69, 9.17) is 22.1 Å². The molecule has 0 saturated carbocycles. The van der Waals surface area contributed by atoms with Gasteiger partial charge >= 0.3 is 0 Å². The molecule has 1 fully saturated rings. The number of nitrogens with one attached hydrogen (secondary N) is 1. The normalized spacial score (nSPS) is 24.6. The highest BCUT2D eigenvalue weighted by Crippen LogP contribution is 2.35. The first-order valence-electron chi connectivity index (χ1n) is 8.65. The third-order valence-corrected chi connectivity index (χ3v) is 4.89.